The lowest BCUT2D eigenvalue weighted by molar-refractivity contribution is 0.881. The van der Waals surface area contributed by atoms with E-state index >= 15 is 0 Å². The number of aromatic nitrogens is 7. The number of fused-ring (bicyclic) bond motifs is 1. The summed E-state index contributed by atoms with van der Waals surface area (Å²) < 4.78 is 1.88. The highest BCUT2D eigenvalue weighted by molar-refractivity contribution is 5.80. The number of hydrogen-bond donors (Lipinski definition) is 1. The van der Waals surface area contributed by atoms with Crippen molar-refractivity contribution in [1.29, 1.82) is 0 Å². The average Bonchev–Trinajstić information content (AvgIpc) is 3.40. The Morgan fingerprint density at radius 3 is 2.57 bits per heavy atom. The summed E-state index contributed by atoms with van der Waals surface area (Å²) in [5.41, 5.74) is 7.44. The number of aryl methyl sites for hydroxylation is 1. The van der Waals surface area contributed by atoms with E-state index in [-0.39, 0.29) is 0 Å². The molecule has 0 bridgehead atoms. The molecule has 0 spiro atoms. The van der Waals surface area contributed by atoms with Crippen LogP contribution in [0.4, 0.5) is 0 Å². The normalized spacial score (nSPS) is 11.2. The first kappa shape index (κ1) is 16.3. The molecule has 5 aromatic rings. The summed E-state index contributed by atoms with van der Waals surface area (Å²) in [6.07, 6.45) is 4.51. The molecule has 7 heteroatoms. The van der Waals surface area contributed by atoms with Gasteiger partial charge in [0.15, 0.2) is 5.65 Å². The summed E-state index contributed by atoms with van der Waals surface area (Å²) in [5, 5.41) is 18.9. The highest BCUT2D eigenvalue weighted by Gasteiger charge is 2.11. The van der Waals surface area contributed by atoms with Crippen LogP contribution in [0.5, 0.6) is 0 Å². The molecule has 5 rings (SSSR count). The van der Waals surface area contributed by atoms with Crippen LogP contribution in [0.25, 0.3) is 28.2 Å². The Balaban J connectivity index is 1.46. The molecule has 0 saturated heterocycles. The van der Waals surface area contributed by atoms with Gasteiger partial charge in [0.05, 0.1) is 6.20 Å². The van der Waals surface area contributed by atoms with E-state index in [1.54, 1.807) is 0 Å². The Morgan fingerprint density at radius 2 is 1.79 bits per heavy atom. The van der Waals surface area contributed by atoms with Gasteiger partial charge in [-0.1, -0.05) is 48.5 Å². The highest BCUT2D eigenvalue weighted by Crippen LogP contribution is 2.30. The molecule has 0 fully saturated rings. The lowest BCUT2D eigenvalue weighted by atomic mass is 9.97. The van der Waals surface area contributed by atoms with Crippen LogP contribution in [0, 0.1) is 6.92 Å². The third-order valence-corrected chi connectivity index (χ3v) is 4.84. The third kappa shape index (κ3) is 2.83. The zero-order valence-corrected chi connectivity index (χ0v) is 15.2. The van der Waals surface area contributed by atoms with Gasteiger partial charge in [-0.05, 0) is 34.9 Å². The van der Waals surface area contributed by atoms with E-state index < -0.39 is 0 Å². The van der Waals surface area contributed by atoms with E-state index in [1.165, 1.54) is 5.56 Å². The Labute approximate surface area is 161 Å². The molecule has 28 heavy (non-hydrogen) atoms. The molecular weight excluding hydrogens is 350 g/mol. The summed E-state index contributed by atoms with van der Waals surface area (Å²) in [5.74, 6) is 0.590. The van der Waals surface area contributed by atoms with Crippen molar-refractivity contribution in [1.82, 2.24) is 35.2 Å². The summed E-state index contributed by atoms with van der Waals surface area (Å²) in [7, 11) is 0. The molecule has 0 aliphatic carbocycles. The number of nitrogens with zero attached hydrogens (tertiary/aromatic N) is 6. The van der Waals surface area contributed by atoms with Crippen molar-refractivity contribution in [3.05, 3.63) is 83.8 Å². The van der Waals surface area contributed by atoms with Crippen molar-refractivity contribution in [3.8, 4) is 22.5 Å². The zero-order valence-electron chi connectivity index (χ0n) is 15.2. The van der Waals surface area contributed by atoms with Crippen molar-refractivity contribution in [2.75, 3.05) is 0 Å². The van der Waals surface area contributed by atoms with Crippen molar-refractivity contribution in [2.45, 2.75) is 13.3 Å². The van der Waals surface area contributed by atoms with Gasteiger partial charge in [0.2, 0.25) is 5.82 Å². The first-order valence-electron chi connectivity index (χ1n) is 9.00. The fourth-order valence-corrected chi connectivity index (χ4v) is 3.41. The summed E-state index contributed by atoms with van der Waals surface area (Å²) in [6, 6.07) is 18.5. The second-order valence-electron chi connectivity index (χ2n) is 6.65. The minimum atomic E-state index is 0.590. The number of nitrogens with one attached hydrogen (secondary N) is 1. The van der Waals surface area contributed by atoms with Crippen molar-refractivity contribution in [3.63, 3.8) is 0 Å². The fraction of sp³-hybridized carbons (Fsp3) is 0.0952. The van der Waals surface area contributed by atoms with Crippen LogP contribution in [0.15, 0.2) is 67.0 Å². The first-order chi connectivity index (χ1) is 13.8. The minimum absolute atomic E-state index is 0.590. The minimum Gasteiger partial charge on any atom is -0.237 e. The molecule has 3 heterocycles. The van der Waals surface area contributed by atoms with Gasteiger partial charge in [-0.3, -0.25) is 0 Å². The number of H-pyrrole nitrogens is 1. The molecule has 0 unspecified atom stereocenters. The van der Waals surface area contributed by atoms with E-state index in [1.807, 2.05) is 48.1 Å². The van der Waals surface area contributed by atoms with Crippen LogP contribution < -0.4 is 0 Å². The van der Waals surface area contributed by atoms with Crippen LogP contribution in [0.3, 0.4) is 0 Å². The Bertz CT molecular complexity index is 1240. The number of benzene rings is 2. The smallest absolute Gasteiger partial charge is 0.205 e. The van der Waals surface area contributed by atoms with Crippen molar-refractivity contribution in [2.24, 2.45) is 0 Å². The lowest BCUT2D eigenvalue weighted by Gasteiger charge is -2.08. The summed E-state index contributed by atoms with van der Waals surface area (Å²) >= 11 is 0. The summed E-state index contributed by atoms with van der Waals surface area (Å²) in [6.45, 7) is 2.03. The number of aromatic amines is 1. The van der Waals surface area contributed by atoms with E-state index in [0.29, 0.717) is 5.82 Å². The first-order valence-corrected chi connectivity index (χ1v) is 9.00. The topological polar surface area (TPSA) is 84.6 Å². The van der Waals surface area contributed by atoms with Crippen molar-refractivity contribution < 1.29 is 0 Å². The Hall–Kier alpha value is -3.87. The second-order valence-corrected chi connectivity index (χ2v) is 6.65. The number of hydrogen-bond acceptors (Lipinski definition) is 5. The second kappa shape index (κ2) is 6.70. The molecule has 136 valence electrons. The molecule has 1 N–H and O–H groups in total. The molecule has 0 aliphatic rings. The fourth-order valence-electron chi connectivity index (χ4n) is 3.41. The van der Waals surface area contributed by atoms with Gasteiger partial charge in [0.25, 0.3) is 0 Å². The van der Waals surface area contributed by atoms with E-state index in [0.717, 1.165) is 40.0 Å². The number of rotatable bonds is 4. The highest BCUT2D eigenvalue weighted by atomic mass is 15.5. The maximum Gasteiger partial charge on any atom is 0.205 e. The number of tetrazole rings is 1. The Morgan fingerprint density at radius 1 is 0.964 bits per heavy atom. The van der Waals surface area contributed by atoms with E-state index in [9.17, 15) is 0 Å². The van der Waals surface area contributed by atoms with Crippen molar-refractivity contribution >= 4 is 5.65 Å². The largest absolute Gasteiger partial charge is 0.237 e. The molecule has 0 saturated carbocycles. The van der Waals surface area contributed by atoms with Gasteiger partial charge in [0.1, 0.15) is 0 Å². The van der Waals surface area contributed by atoms with E-state index in [2.05, 4.69) is 61.0 Å². The summed E-state index contributed by atoms with van der Waals surface area (Å²) in [4.78, 5) is 4.48. The molecular formula is C21H17N7. The van der Waals surface area contributed by atoms with Crippen LogP contribution in [0.2, 0.25) is 0 Å². The molecule has 7 nitrogen and oxygen atoms in total. The molecule has 0 amide bonds. The van der Waals surface area contributed by atoms with E-state index in [4.69, 9.17) is 0 Å². The van der Waals surface area contributed by atoms with Crippen LogP contribution in [0.1, 0.15) is 16.8 Å². The van der Waals surface area contributed by atoms with Gasteiger partial charge >= 0.3 is 0 Å². The van der Waals surface area contributed by atoms with Crippen LogP contribution in [-0.2, 0) is 6.42 Å². The monoisotopic (exact) mass is 367 g/mol. The quantitative estimate of drug-likeness (QED) is 0.526. The van der Waals surface area contributed by atoms with Gasteiger partial charge in [-0.25, -0.2) is 9.50 Å². The van der Waals surface area contributed by atoms with Gasteiger partial charge in [0, 0.05) is 29.4 Å². The van der Waals surface area contributed by atoms with Gasteiger partial charge < -0.3 is 0 Å². The van der Waals surface area contributed by atoms with Crippen LogP contribution in [-0.4, -0.2) is 35.2 Å². The van der Waals surface area contributed by atoms with Crippen LogP contribution >= 0.6 is 0 Å². The molecule has 0 aliphatic heterocycles. The average molecular weight is 367 g/mol. The SMILES string of the molecule is Cc1ccnc2c(Cc3ccc(-c4ccccc4-c4nn[nH]n4)cc3)cnn12. The molecule has 0 atom stereocenters. The predicted octanol–water partition coefficient (Wildman–Crippen LogP) is 3.48. The third-order valence-electron chi connectivity index (χ3n) is 4.84. The van der Waals surface area contributed by atoms with Gasteiger partial charge in [-0.2, -0.15) is 10.3 Å². The van der Waals surface area contributed by atoms with Gasteiger partial charge in [-0.15, -0.1) is 10.2 Å². The molecule has 2 aromatic carbocycles. The standard InChI is InChI=1S/C21H17N7/c1-14-10-11-22-21-17(13-23-28(14)21)12-15-6-8-16(9-7-15)18-4-2-3-5-19(18)20-24-26-27-25-20/h2-11,13H,12H2,1H3,(H,24,25,26,27). The molecule has 0 radical (unpaired) electrons. The molecule has 3 aromatic heterocycles. The predicted molar refractivity (Wildman–Crippen MR) is 106 cm³/mol. The maximum atomic E-state index is 4.48. The maximum absolute atomic E-state index is 4.48. The lowest BCUT2D eigenvalue weighted by Crippen LogP contribution is -1.95. The zero-order chi connectivity index (χ0) is 18.9. The Kier molecular flexibility index (Phi) is 3.90.